The highest BCUT2D eigenvalue weighted by Gasteiger charge is 2.15. The second kappa shape index (κ2) is 6.84. The maximum absolute atomic E-state index is 11.8. The minimum absolute atomic E-state index is 0.0857. The summed E-state index contributed by atoms with van der Waals surface area (Å²) in [6, 6.07) is 7.94. The Morgan fingerprint density at radius 1 is 1.30 bits per heavy atom. The number of nitrogens with one attached hydrogen (secondary N) is 1. The van der Waals surface area contributed by atoms with Gasteiger partial charge in [0, 0.05) is 13.6 Å². The molecule has 1 heterocycles. The summed E-state index contributed by atoms with van der Waals surface area (Å²) < 4.78 is 1.65. The molecule has 0 fully saturated rings. The van der Waals surface area contributed by atoms with Gasteiger partial charge in [0.2, 0.25) is 0 Å². The minimum atomic E-state index is -0.667. The quantitative estimate of drug-likeness (QED) is 0.856. The third kappa shape index (κ3) is 4.20. The Bertz CT molecular complexity index is 733. The largest absolute Gasteiger partial charge is 0.387 e. The summed E-state index contributed by atoms with van der Waals surface area (Å²) in [6.07, 6.45) is 0.890. The third-order valence-corrected chi connectivity index (χ3v) is 4.49. The molecule has 0 unspecified atom stereocenters. The van der Waals surface area contributed by atoms with Crippen LogP contribution in [0.3, 0.4) is 0 Å². The van der Waals surface area contributed by atoms with Crippen LogP contribution in [-0.4, -0.2) is 21.4 Å². The van der Waals surface area contributed by atoms with Gasteiger partial charge >= 0.3 is 0 Å². The SMILES string of the molecule is Cn1ncc(NC[C@@H](O)c2ccc(C(C)(C)C)cc2)c(Br)c1=O. The van der Waals surface area contributed by atoms with E-state index in [9.17, 15) is 9.90 Å². The Hall–Kier alpha value is -1.66. The minimum Gasteiger partial charge on any atom is -0.387 e. The van der Waals surface area contributed by atoms with Crippen LogP contribution in [0, 0.1) is 0 Å². The first-order valence-corrected chi connectivity index (χ1v) is 8.23. The summed E-state index contributed by atoms with van der Waals surface area (Å²) in [5, 5.41) is 17.3. The molecule has 0 aliphatic heterocycles. The van der Waals surface area contributed by atoms with Crippen LogP contribution < -0.4 is 10.9 Å². The molecule has 0 radical (unpaired) electrons. The van der Waals surface area contributed by atoms with Gasteiger partial charge < -0.3 is 10.4 Å². The van der Waals surface area contributed by atoms with Crippen molar-refractivity contribution in [3.8, 4) is 0 Å². The van der Waals surface area contributed by atoms with E-state index in [0.717, 1.165) is 5.56 Å². The van der Waals surface area contributed by atoms with Gasteiger partial charge in [-0.1, -0.05) is 45.0 Å². The number of aryl methyl sites for hydroxylation is 1. The summed E-state index contributed by atoms with van der Waals surface area (Å²) in [6.45, 7) is 6.75. The van der Waals surface area contributed by atoms with Gasteiger partial charge in [-0.3, -0.25) is 4.79 Å². The van der Waals surface area contributed by atoms with Gasteiger partial charge in [0.15, 0.2) is 0 Å². The molecule has 0 saturated carbocycles. The molecule has 0 bridgehead atoms. The van der Waals surface area contributed by atoms with Gasteiger partial charge in [0.05, 0.1) is 18.0 Å². The standard InChI is InChI=1S/C17H22BrN3O2/c1-17(2,3)12-7-5-11(6-8-12)14(22)10-19-13-9-20-21(4)16(23)15(13)18/h5-9,14,19,22H,10H2,1-4H3/t14-/m1/s1. The van der Waals surface area contributed by atoms with Crippen LogP contribution in [0.4, 0.5) is 5.69 Å². The molecule has 124 valence electrons. The smallest absolute Gasteiger partial charge is 0.282 e. The van der Waals surface area contributed by atoms with Gasteiger partial charge in [-0.2, -0.15) is 5.10 Å². The van der Waals surface area contributed by atoms with Crippen LogP contribution in [0.25, 0.3) is 0 Å². The molecule has 0 aliphatic rings. The number of halogens is 1. The predicted molar refractivity (Wildman–Crippen MR) is 95.8 cm³/mol. The van der Waals surface area contributed by atoms with Crippen molar-refractivity contribution < 1.29 is 5.11 Å². The highest BCUT2D eigenvalue weighted by Crippen LogP contribution is 2.24. The van der Waals surface area contributed by atoms with Crippen molar-refractivity contribution in [3.05, 3.63) is 56.4 Å². The molecule has 0 amide bonds. The highest BCUT2D eigenvalue weighted by atomic mass is 79.9. The van der Waals surface area contributed by atoms with E-state index in [1.807, 2.05) is 24.3 Å². The lowest BCUT2D eigenvalue weighted by Gasteiger charge is -2.20. The molecule has 0 spiro atoms. The van der Waals surface area contributed by atoms with Crippen LogP contribution >= 0.6 is 15.9 Å². The van der Waals surface area contributed by atoms with Gasteiger partial charge in [-0.05, 0) is 32.5 Å². The number of hydrogen-bond acceptors (Lipinski definition) is 4. The van der Waals surface area contributed by atoms with E-state index >= 15 is 0 Å². The summed E-state index contributed by atoms with van der Waals surface area (Å²) in [4.78, 5) is 11.8. The number of aliphatic hydroxyl groups is 1. The van der Waals surface area contributed by atoms with Crippen molar-refractivity contribution in [1.29, 1.82) is 0 Å². The second-order valence-corrected chi connectivity index (χ2v) is 7.36. The van der Waals surface area contributed by atoms with Gasteiger partial charge in [0.1, 0.15) is 4.47 Å². The molecule has 6 heteroatoms. The summed E-state index contributed by atoms with van der Waals surface area (Å²) in [7, 11) is 1.59. The van der Waals surface area contributed by atoms with Crippen molar-refractivity contribution >= 4 is 21.6 Å². The monoisotopic (exact) mass is 379 g/mol. The van der Waals surface area contributed by atoms with Crippen LogP contribution in [-0.2, 0) is 12.5 Å². The van der Waals surface area contributed by atoms with E-state index in [-0.39, 0.29) is 11.0 Å². The fourth-order valence-corrected chi connectivity index (χ4v) is 2.66. The first-order valence-electron chi connectivity index (χ1n) is 7.44. The van der Waals surface area contributed by atoms with Crippen LogP contribution in [0.2, 0.25) is 0 Å². The molecule has 23 heavy (non-hydrogen) atoms. The Morgan fingerprint density at radius 2 is 1.91 bits per heavy atom. The van der Waals surface area contributed by atoms with E-state index in [0.29, 0.717) is 16.7 Å². The van der Waals surface area contributed by atoms with Crippen LogP contribution in [0.5, 0.6) is 0 Å². The molecule has 1 aromatic carbocycles. The predicted octanol–water partition coefficient (Wildman–Crippen LogP) is 2.99. The van der Waals surface area contributed by atoms with Crippen molar-refractivity contribution in [2.24, 2.45) is 7.05 Å². The lowest BCUT2D eigenvalue weighted by atomic mass is 9.86. The first-order chi connectivity index (χ1) is 10.7. The zero-order chi connectivity index (χ0) is 17.2. The molecule has 2 aromatic rings. The van der Waals surface area contributed by atoms with E-state index in [4.69, 9.17) is 0 Å². The lowest BCUT2D eigenvalue weighted by Crippen LogP contribution is -2.22. The van der Waals surface area contributed by atoms with E-state index < -0.39 is 6.10 Å². The number of benzene rings is 1. The maximum Gasteiger partial charge on any atom is 0.282 e. The van der Waals surface area contributed by atoms with E-state index in [1.54, 1.807) is 13.2 Å². The number of rotatable bonds is 4. The van der Waals surface area contributed by atoms with E-state index in [2.05, 4.69) is 47.1 Å². The number of anilines is 1. The molecule has 2 N–H and O–H groups in total. The van der Waals surface area contributed by atoms with Gasteiger partial charge in [0.25, 0.3) is 5.56 Å². The zero-order valence-corrected chi connectivity index (χ0v) is 15.4. The zero-order valence-electron chi connectivity index (χ0n) is 13.8. The Morgan fingerprint density at radius 3 is 2.48 bits per heavy atom. The molecule has 0 saturated heterocycles. The molecular formula is C17H22BrN3O2. The summed E-state index contributed by atoms with van der Waals surface area (Å²) in [5.74, 6) is 0. The average Bonchev–Trinajstić information content (AvgIpc) is 2.51. The molecule has 5 nitrogen and oxygen atoms in total. The van der Waals surface area contributed by atoms with E-state index in [1.165, 1.54) is 10.2 Å². The molecule has 2 rings (SSSR count). The normalized spacial score (nSPS) is 13.0. The van der Waals surface area contributed by atoms with Gasteiger partial charge in [-0.15, -0.1) is 0 Å². The number of nitrogens with zero attached hydrogens (tertiary/aromatic N) is 2. The van der Waals surface area contributed by atoms with Gasteiger partial charge in [-0.25, -0.2) is 4.68 Å². The molecule has 1 atom stereocenters. The number of aromatic nitrogens is 2. The maximum atomic E-state index is 11.8. The number of hydrogen-bond donors (Lipinski definition) is 2. The number of aliphatic hydroxyl groups excluding tert-OH is 1. The fraction of sp³-hybridized carbons (Fsp3) is 0.412. The van der Waals surface area contributed by atoms with Crippen LogP contribution in [0.15, 0.2) is 39.7 Å². The third-order valence-electron chi connectivity index (χ3n) is 3.73. The van der Waals surface area contributed by atoms with Crippen molar-refractivity contribution in [3.63, 3.8) is 0 Å². The highest BCUT2D eigenvalue weighted by molar-refractivity contribution is 9.10. The average molecular weight is 380 g/mol. The summed E-state index contributed by atoms with van der Waals surface area (Å²) in [5.41, 5.74) is 2.48. The van der Waals surface area contributed by atoms with Crippen molar-refractivity contribution in [2.45, 2.75) is 32.3 Å². The molecule has 1 aromatic heterocycles. The van der Waals surface area contributed by atoms with Crippen LogP contribution in [0.1, 0.15) is 38.0 Å². The topological polar surface area (TPSA) is 67.2 Å². The van der Waals surface area contributed by atoms with Crippen molar-refractivity contribution in [1.82, 2.24) is 9.78 Å². The first kappa shape index (κ1) is 17.7. The Balaban J connectivity index is 2.07. The fourth-order valence-electron chi connectivity index (χ4n) is 2.16. The Kier molecular flexibility index (Phi) is 5.26. The molecular weight excluding hydrogens is 358 g/mol. The second-order valence-electron chi connectivity index (χ2n) is 6.57. The Labute approximate surface area is 144 Å². The molecule has 0 aliphatic carbocycles. The van der Waals surface area contributed by atoms with Crippen molar-refractivity contribution in [2.75, 3.05) is 11.9 Å². The lowest BCUT2D eigenvalue weighted by molar-refractivity contribution is 0.191. The summed E-state index contributed by atoms with van der Waals surface area (Å²) >= 11 is 3.25.